The van der Waals surface area contributed by atoms with Crippen LogP contribution in [0.15, 0.2) is 78.9 Å². The molecule has 3 nitrogen and oxygen atoms in total. The average molecular weight is 357 g/mol. The third-order valence-corrected chi connectivity index (χ3v) is 5.03. The Hall–Kier alpha value is -3.07. The maximum atomic E-state index is 12.5. The Morgan fingerprint density at radius 3 is 2.26 bits per heavy atom. The molecule has 4 rings (SSSR count). The van der Waals surface area contributed by atoms with Crippen LogP contribution in [0.25, 0.3) is 0 Å². The van der Waals surface area contributed by atoms with Gasteiger partial charge in [0.1, 0.15) is 5.75 Å². The van der Waals surface area contributed by atoms with Gasteiger partial charge in [-0.2, -0.15) is 0 Å². The number of fused-ring (bicyclic) bond motifs is 1. The molecule has 0 fully saturated rings. The number of ether oxygens (including phenoxy) is 1. The average Bonchev–Trinajstić information content (AvgIpc) is 3.18. The van der Waals surface area contributed by atoms with Crippen LogP contribution in [0.2, 0.25) is 0 Å². The molecule has 0 saturated carbocycles. The molecule has 0 atom stereocenters. The van der Waals surface area contributed by atoms with Gasteiger partial charge in [-0.15, -0.1) is 0 Å². The second kappa shape index (κ2) is 8.09. The lowest BCUT2D eigenvalue weighted by Gasteiger charge is -2.19. The minimum absolute atomic E-state index is 0.0470. The summed E-state index contributed by atoms with van der Waals surface area (Å²) in [5.74, 6) is 1.14. The molecule has 1 aliphatic rings. The molecule has 0 unspecified atom stereocenters. The van der Waals surface area contributed by atoms with Crippen molar-refractivity contribution in [3.8, 4) is 5.75 Å². The van der Waals surface area contributed by atoms with Crippen molar-refractivity contribution >= 4 is 5.91 Å². The van der Waals surface area contributed by atoms with E-state index in [1.165, 1.54) is 16.7 Å². The summed E-state index contributed by atoms with van der Waals surface area (Å²) in [6.45, 7) is 1.32. The zero-order chi connectivity index (χ0) is 18.5. The molecule has 0 radical (unpaired) electrons. The van der Waals surface area contributed by atoms with E-state index < -0.39 is 0 Å². The second-order valence-corrected chi connectivity index (χ2v) is 6.90. The van der Waals surface area contributed by atoms with E-state index in [0.29, 0.717) is 13.0 Å². The van der Waals surface area contributed by atoms with E-state index in [9.17, 15) is 4.79 Å². The minimum atomic E-state index is 0.0470. The van der Waals surface area contributed by atoms with Gasteiger partial charge in [0, 0.05) is 18.9 Å². The molecule has 3 heteroatoms. The first-order chi connectivity index (χ1) is 13.3. The predicted molar refractivity (Wildman–Crippen MR) is 107 cm³/mol. The van der Waals surface area contributed by atoms with Crippen molar-refractivity contribution in [2.45, 2.75) is 18.8 Å². The van der Waals surface area contributed by atoms with Crippen molar-refractivity contribution in [2.75, 3.05) is 13.2 Å². The van der Waals surface area contributed by atoms with E-state index >= 15 is 0 Å². The minimum Gasteiger partial charge on any atom is -0.493 e. The first kappa shape index (κ1) is 17.3. The number of rotatable bonds is 6. The van der Waals surface area contributed by atoms with Gasteiger partial charge in [-0.25, -0.2) is 0 Å². The van der Waals surface area contributed by atoms with E-state index in [1.54, 1.807) is 0 Å². The highest BCUT2D eigenvalue weighted by Crippen LogP contribution is 2.26. The van der Waals surface area contributed by atoms with Gasteiger partial charge in [0.2, 0.25) is 5.91 Å². The highest BCUT2D eigenvalue weighted by molar-refractivity contribution is 5.78. The highest BCUT2D eigenvalue weighted by atomic mass is 16.5. The Balaban J connectivity index is 1.44. The highest BCUT2D eigenvalue weighted by Gasteiger charge is 2.16. The molecular formula is C24H23NO2. The molecule has 1 heterocycles. The van der Waals surface area contributed by atoms with Crippen molar-refractivity contribution in [1.82, 2.24) is 5.32 Å². The summed E-state index contributed by atoms with van der Waals surface area (Å²) in [7, 11) is 0. The monoisotopic (exact) mass is 357 g/mol. The largest absolute Gasteiger partial charge is 0.493 e. The van der Waals surface area contributed by atoms with E-state index in [-0.39, 0.29) is 11.8 Å². The maximum absolute atomic E-state index is 12.5. The summed E-state index contributed by atoms with van der Waals surface area (Å²) in [5.41, 5.74) is 4.65. The Bertz CT molecular complexity index is 867. The summed E-state index contributed by atoms with van der Waals surface area (Å²) in [6.07, 6.45) is 1.32. The summed E-state index contributed by atoms with van der Waals surface area (Å²) in [5, 5.41) is 3.13. The number of hydrogen-bond donors (Lipinski definition) is 1. The van der Waals surface area contributed by atoms with Crippen LogP contribution >= 0.6 is 0 Å². The molecule has 3 aromatic carbocycles. The second-order valence-electron chi connectivity index (χ2n) is 6.90. The normalized spacial score (nSPS) is 12.5. The Kier molecular flexibility index (Phi) is 5.20. The molecule has 3 aromatic rings. The van der Waals surface area contributed by atoms with Crippen LogP contribution in [0, 0.1) is 0 Å². The van der Waals surface area contributed by atoms with Crippen molar-refractivity contribution in [3.05, 3.63) is 101 Å². The van der Waals surface area contributed by atoms with Gasteiger partial charge >= 0.3 is 0 Å². The van der Waals surface area contributed by atoms with E-state index in [1.807, 2.05) is 48.5 Å². The number of hydrogen-bond acceptors (Lipinski definition) is 2. The topological polar surface area (TPSA) is 38.3 Å². The molecule has 1 aliphatic heterocycles. The first-order valence-electron chi connectivity index (χ1n) is 9.41. The molecule has 0 aromatic heterocycles. The third kappa shape index (κ3) is 4.20. The van der Waals surface area contributed by atoms with Crippen molar-refractivity contribution in [2.24, 2.45) is 0 Å². The standard InChI is InChI=1S/C24H23NO2/c26-24(16-18-11-12-23-21(15-18)13-14-27-23)25-17-22(19-7-3-1-4-8-19)20-9-5-2-6-10-20/h1-12,15,22H,13-14,16-17H2,(H,25,26). The van der Waals surface area contributed by atoms with Gasteiger partial charge < -0.3 is 10.1 Å². The van der Waals surface area contributed by atoms with E-state index in [2.05, 4.69) is 35.6 Å². The van der Waals surface area contributed by atoms with Gasteiger partial charge in [-0.3, -0.25) is 4.79 Å². The summed E-state index contributed by atoms with van der Waals surface area (Å²) in [6, 6.07) is 26.7. The van der Waals surface area contributed by atoms with Gasteiger partial charge in [0.05, 0.1) is 13.0 Å². The molecule has 0 spiro atoms. The van der Waals surface area contributed by atoms with Gasteiger partial charge in [0.15, 0.2) is 0 Å². The van der Waals surface area contributed by atoms with Crippen LogP contribution in [-0.2, 0) is 17.6 Å². The smallest absolute Gasteiger partial charge is 0.224 e. The summed E-state index contributed by atoms with van der Waals surface area (Å²) < 4.78 is 5.53. The van der Waals surface area contributed by atoms with Crippen molar-refractivity contribution in [3.63, 3.8) is 0 Å². The zero-order valence-electron chi connectivity index (χ0n) is 15.2. The molecule has 27 heavy (non-hydrogen) atoms. The molecule has 1 N–H and O–H groups in total. The van der Waals surface area contributed by atoms with E-state index in [0.717, 1.165) is 24.3 Å². The molecular weight excluding hydrogens is 334 g/mol. The molecule has 136 valence electrons. The number of nitrogens with one attached hydrogen (secondary N) is 1. The van der Waals surface area contributed by atoms with Gasteiger partial charge in [-0.05, 0) is 28.3 Å². The van der Waals surface area contributed by atoms with Crippen LogP contribution in [-0.4, -0.2) is 19.1 Å². The van der Waals surface area contributed by atoms with Gasteiger partial charge in [-0.1, -0.05) is 72.8 Å². The first-order valence-corrected chi connectivity index (χ1v) is 9.41. The third-order valence-electron chi connectivity index (χ3n) is 5.03. The van der Waals surface area contributed by atoms with Crippen LogP contribution in [0.3, 0.4) is 0 Å². The molecule has 0 saturated heterocycles. The lowest BCUT2D eigenvalue weighted by Crippen LogP contribution is -2.30. The molecule has 1 amide bonds. The molecule has 0 aliphatic carbocycles. The van der Waals surface area contributed by atoms with Gasteiger partial charge in [0.25, 0.3) is 0 Å². The maximum Gasteiger partial charge on any atom is 0.224 e. The predicted octanol–water partition coefficient (Wildman–Crippen LogP) is 4.11. The summed E-state index contributed by atoms with van der Waals surface area (Å²) in [4.78, 5) is 12.5. The van der Waals surface area contributed by atoms with Crippen molar-refractivity contribution in [1.29, 1.82) is 0 Å². The quantitative estimate of drug-likeness (QED) is 0.721. The SMILES string of the molecule is O=C(Cc1ccc2c(c1)CCO2)NCC(c1ccccc1)c1ccccc1. The van der Waals surface area contributed by atoms with Crippen LogP contribution < -0.4 is 10.1 Å². The van der Waals surface area contributed by atoms with Crippen LogP contribution in [0.5, 0.6) is 5.75 Å². The fourth-order valence-corrected chi connectivity index (χ4v) is 3.61. The van der Waals surface area contributed by atoms with Crippen LogP contribution in [0.4, 0.5) is 0 Å². The fourth-order valence-electron chi connectivity index (χ4n) is 3.61. The number of benzene rings is 3. The molecule has 0 bridgehead atoms. The number of carbonyl (C=O) groups is 1. The Morgan fingerprint density at radius 1 is 0.926 bits per heavy atom. The lowest BCUT2D eigenvalue weighted by atomic mass is 9.91. The Morgan fingerprint density at radius 2 is 1.59 bits per heavy atom. The lowest BCUT2D eigenvalue weighted by molar-refractivity contribution is -0.120. The zero-order valence-corrected chi connectivity index (χ0v) is 15.2. The fraction of sp³-hybridized carbons (Fsp3) is 0.208. The van der Waals surface area contributed by atoms with E-state index in [4.69, 9.17) is 4.74 Å². The summed E-state index contributed by atoms with van der Waals surface area (Å²) >= 11 is 0. The number of carbonyl (C=O) groups excluding carboxylic acids is 1. The van der Waals surface area contributed by atoms with Crippen LogP contribution in [0.1, 0.15) is 28.2 Å². The van der Waals surface area contributed by atoms with Crippen molar-refractivity contribution < 1.29 is 9.53 Å². The number of amides is 1. The Labute approximate surface area is 160 Å².